The Morgan fingerprint density at radius 1 is 1.17 bits per heavy atom. The maximum atomic E-state index is 12.6. The Kier molecular flexibility index (Phi) is 9.06. The minimum absolute atomic E-state index is 0. The number of hydrogen-bond acceptors (Lipinski definition) is 4. The molecule has 0 aromatic heterocycles. The predicted molar refractivity (Wildman–Crippen MR) is 97.2 cm³/mol. The number of esters is 1. The lowest BCUT2D eigenvalue weighted by Gasteiger charge is -2.32. The summed E-state index contributed by atoms with van der Waals surface area (Å²) in [6.45, 7) is 4.25. The van der Waals surface area contributed by atoms with Crippen LogP contribution in [0.15, 0.2) is 0 Å². The minimum Gasteiger partial charge on any atom is -0.467 e. The molecule has 6 heteroatoms. The summed E-state index contributed by atoms with van der Waals surface area (Å²) in [6.07, 6.45) is 8.37. The highest BCUT2D eigenvalue weighted by molar-refractivity contribution is 5.88. The summed E-state index contributed by atoms with van der Waals surface area (Å²) in [5, 5.41) is 6.43. The molecule has 1 aliphatic heterocycles. The van der Waals surface area contributed by atoms with E-state index in [2.05, 4.69) is 17.6 Å². The Balaban J connectivity index is 0.00000288. The molecule has 2 aliphatic rings. The third kappa shape index (κ3) is 5.62. The van der Waals surface area contributed by atoms with Crippen LogP contribution in [0, 0.1) is 11.8 Å². The van der Waals surface area contributed by atoms with Crippen LogP contribution in [-0.2, 0) is 14.3 Å². The lowest BCUT2D eigenvalue weighted by molar-refractivity contribution is -0.152. The molecule has 2 rings (SSSR count). The molecule has 0 bridgehead atoms. The Morgan fingerprint density at radius 2 is 1.75 bits per heavy atom. The number of methoxy groups -OCH3 is 1. The maximum Gasteiger partial charge on any atom is 0.331 e. The van der Waals surface area contributed by atoms with Gasteiger partial charge in [0, 0.05) is 6.42 Å². The van der Waals surface area contributed by atoms with E-state index in [1.54, 1.807) is 0 Å². The van der Waals surface area contributed by atoms with Crippen LogP contribution in [0.25, 0.3) is 0 Å². The van der Waals surface area contributed by atoms with Gasteiger partial charge in [-0.05, 0) is 50.6 Å². The zero-order valence-corrected chi connectivity index (χ0v) is 15.9. The van der Waals surface area contributed by atoms with Gasteiger partial charge in [-0.15, -0.1) is 12.4 Å². The predicted octanol–water partition coefficient (Wildman–Crippen LogP) is 2.82. The first-order chi connectivity index (χ1) is 11.1. The molecule has 1 atom stereocenters. The molecule has 140 valence electrons. The summed E-state index contributed by atoms with van der Waals surface area (Å²) < 4.78 is 5.01. The zero-order valence-electron chi connectivity index (χ0n) is 15.1. The van der Waals surface area contributed by atoms with Gasteiger partial charge in [0.2, 0.25) is 5.91 Å². The molecule has 1 saturated carbocycles. The SMILES string of the molecule is COC(=O)C1(NC(=O)CC(C)C2CCNCC2)CCCCCC1.Cl. The number of rotatable bonds is 5. The Bertz CT molecular complexity index is 403. The normalized spacial score (nSPS) is 22.6. The summed E-state index contributed by atoms with van der Waals surface area (Å²) in [5.74, 6) is 0.688. The van der Waals surface area contributed by atoms with Crippen LogP contribution in [0.5, 0.6) is 0 Å². The van der Waals surface area contributed by atoms with Gasteiger partial charge in [-0.1, -0.05) is 32.6 Å². The largest absolute Gasteiger partial charge is 0.467 e. The van der Waals surface area contributed by atoms with Crippen LogP contribution in [0.3, 0.4) is 0 Å². The van der Waals surface area contributed by atoms with E-state index in [4.69, 9.17) is 4.74 Å². The van der Waals surface area contributed by atoms with Crippen LogP contribution >= 0.6 is 12.4 Å². The molecule has 2 N–H and O–H groups in total. The Labute approximate surface area is 152 Å². The average Bonchev–Trinajstić information content (AvgIpc) is 2.81. The monoisotopic (exact) mass is 360 g/mol. The lowest BCUT2D eigenvalue weighted by atomic mass is 9.83. The molecular formula is C18H33ClN2O3. The van der Waals surface area contributed by atoms with E-state index in [1.807, 2.05) is 0 Å². The van der Waals surface area contributed by atoms with E-state index in [0.29, 0.717) is 31.1 Å². The summed E-state index contributed by atoms with van der Waals surface area (Å²) in [7, 11) is 1.42. The number of piperidine rings is 1. The maximum absolute atomic E-state index is 12.6. The molecule has 24 heavy (non-hydrogen) atoms. The van der Waals surface area contributed by atoms with Gasteiger partial charge in [-0.2, -0.15) is 0 Å². The number of hydrogen-bond donors (Lipinski definition) is 2. The molecule has 0 radical (unpaired) electrons. The molecule has 1 amide bonds. The third-order valence-corrected chi connectivity index (χ3v) is 5.61. The van der Waals surface area contributed by atoms with Crippen LogP contribution in [-0.4, -0.2) is 37.6 Å². The van der Waals surface area contributed by atoms with Crippen molar-refractivity contribution in [2.45, 2.75) is 70.3 Å². The molecule has 0 spiro atoms. The van der Waals surface area contributed by atoms with Crippen molar-refractivity contribution in [1.82, 2.24) is 10.6 Å². The fourth-order valence-corrected chi connectivity index (χ4v) is 4.10. The van der Waals surface area contributed by atoms with Crippen LogP contribution < -0.4 is 10.6 Å². The van der Waals surface area contributed by atoms with E-state index in [-0.39, 0.29) is 24.3 Å². The van der Waals surface area contributed by atoms with E-state index in [0.717, 1.165) is 51.6 Å². The van der Waals surface area contributed by atoms with Crippen molar-refractivity contribution in [1.29, 1.82) is 0 Å². The van der Waals surface area contributed by atoms with Crippen molar-refractivity contribution in [3.8, 4) is 0 Å². The van der Waals surface area contributed by atoms with Gasteiger partial charge < -0.3 is 15.4 Å². The van der Waals surface area contributed by atoms with Crippen molar-refractivity contribution >= 4 is 24.3 Å². The first-order valence-corrected chi connectivity index (χ1v) is 9.17. The van der Waals surface area contributed by atoms with Crippen LogP contribution in [0.4, 0.5) is 0 Å². The summed E-state index contributed by atoms with van der Waals surface area (Å²) in [5.41, 5.74) is -0.795. The highest BCUT2D eigenvalue weighted by Crippen LogP contribution is 2.30. The molecule has 5 nitrogen and oxygen atoms in total. The van der Waals surface area contributed by atoms with E-state index >= 15 is 0 Å². The average molecular weight is 361 g/mol. The van der Waals surface area contributed by atoms with Crippen molar-refractivity contribution in [2.75, 3.05) is 20.2 Å². The van der Waals surface area contributed by atoms with Crippen molar-refractivity contribution in [3.63, 3.8) is 0 Å². The molecule has 0 aromatic rings. The molecular weight excluding hydrogens is 328 g/mol. The highest BCUT2D eigenvalue weighted by Gasteiger charge is 2.41. The number of carbonyl (C=O) groups excluding carboxylic acids is 2. The molecule has 1 saturated heterocycles. The summed E-state index contributed by atoms with van der Waals surface area (Å²) >= 11 is 0. The van der Waals surface area contributed by atoms with Gasteiger partial charge in [-0.3, -0.25) is 4.79 Å². The Hall–Kier alpha value is -0.810. The van der Waals surface area contributed by atoms with Gasteiger partial charge in [0.15, 0.2) is 0 Å². The van der Waals surface area contributed by atoms with Crippen LogP contribution in [0.2, 0.25) is 0 Å². The minimum atomic E-state index is -0.795. The summed E-state index contributed by atoms with van der Waals surface area (Å²) in [4.78, 5) is 24.9. The molecule has 0 aromatic carbocycles. The molecule has 1 aliphatic carbocycles. The highest BCUT2D eigenvalue weighted by atomic mass is 35.5. The second-order valence-corrected chi connectivity index (χ2v) is 7.30. The topological polar surface area (TPSA) is 67.4 Å². The van der Waals surface area contributed by atoms with Gasteiger partial charge in [0.05, 0.1) is 7.11 Å². The first-order valence-electron chi connectivity index (χ1n) is 9.17. The van der Waals surface area contributed by atoms with Gasteiger partial charge in [0.25, 0.3) is 0 Å². The molecule has 1 unspecified atom stereocenters. The number of amides is 1. The van der Waals surface area contributed by atoms with E-state index in [9.17, 15) is 9.59 Å². The van der Waals surface area contributed by atoms with E-state index < -0.39 is 5.54 Å². The number of carbonyl (C=O) groups is 2. The van der Waals surface area contributed by atoms with Crippen molar-refractivity contribution in [3.05, 3.63) is 0 Å². The fourth-order valence-electron chi connectivity index (χ4n) is 4.10. The van der Waals surface area contributed by atoms with Crippen LogP contribution in [0.1, 0.15) is 64.7 Å². The number of ether oxygens (including phenoxy) is 1. The zero-order chi connectivity index (χ0) is 16.7. The van der Waals surface area contributed by atoms with E-state index in [1.165, 1.54) is 7.11 Å². The second kappa shape index (κ2) is 10.2. The standard InChI is InChI=1S/C18H32N2O3.ClH/c1-14(15-7-11-19-12-8-15)13-16(21)20-18(17(22)23-2)9-5-3-4-6-10-18;/h14-15,19H,3-13H2,1-2H3,(H,20,21);1H. The smallest absolute Gasteiger partial charge is 0.331 e. The first kappa shape index (κ1) is 21.2. The number of nitrogens with one attached hydrogen (secondary N) is 2. The lowest BCUT2D eigenvalue weighted by Crippen LogP contribution is -2.55. The third-order valence-electron chi connectivity index (χ3n) is 5.61. The van der Waals surface area contributed by atoms with Crippen molar-refractivity contribution < 1.29 is 14.3 Å². The number of halogens is 1. The summed E-state index contributed by atoms with van der Waals surface area (Å²) in [6, 6.07) is 0. The second-order valence-electron chi connectivity index (χ2n) is 7.30. The van der Waals surface area contributed by atoms with Gasteiger partial charge in [0.1, 0.15) is 5.54 Å². The van der Waals surface area contributed by atoms with Crippen molar-refractivity contribution in [2.24, 2.45) is 11.8 Å². The van der Waals surface area contributed by atoms with Gasteiger partial charge >= 0.3 is 5.97 Å². The molecule has 2 fully saturated rings. The Morgan fingerprint density at radius 3 is 2.29 bits per heavy atom. The quantitative estimate of drug-likeness (QED) is 0.584. The molecule has 1 heterocycles. The fraction of sp³-hybridized carbons (Fsp3) is 0.889. The van der Waals surface area contributed by atoms with Gasteiger partial charge in [-0.25, -0.2) is 4.79 Å².